The first-order valence-corrected chi connectivity index (χ1v) is 6.44. The molecule has 0 aromatic carbocycles. The molecule has 4 heteroatoms. The van der Waals surface area contributed by atoms with E-state index in [0.717, 1.165) is 30.2 Å². The van der Waals surface area contributed by atoms with Gasteiger partial charge in [0.2, 0.25) is 0 Å². The SMILES string of the molecule is CCNC(C)CCCCn1ncc(Cl)c1C. The fourth-order valence-electron chi connectivity index (χ4n) is 1.81. The highest BCUT2D eigenvalue weighted by Gasteiger charge is 2.04. The fourth-order valence-corrected chi connectivity index (χ4v) is 1.95. The molecule has 0 saturated heterocycles. The van der Waals surface area contributed by atoms with Gasteiger partial charge in [-0.2, -0.15) is 5.10 Å². The third-order valence-corrected chi connectivity index (χ3v) is 3.22. The monoisotopic (exact) mass is 243 g/mol. The van der Waals surface area contributed by atoms with Gasteiger partial charge in [0.05, 0.1) is 16.9 Å². The Labute approximate surface area is 103 Å². The van der Waals surface area contributed by atoms with E-state index in [1.807, 2.05) is 11.6 Å². The van der Waals surface area contributed by atoms with Crippen LogP contribution in [-0.4, -0.2) is 22.4 Å². The van der Waals surface area contributed by atoms with Crippen LogP contribution in [0.1, 0.15) is 38.8 Å². The zero-order valence-corrected chi connectivity index (χ0v) is 11.2. The summed E-state index contributed by atoms with van der Waals surface area (Å²) in [5, 5.41) is 8.42. The fraction of sp³-hybridized carbons (Fsp3) is 0.750. The molecule has 3 nitrogen and oxygen atoms in total. The van der Waals surface area contributed by atoms with Gasteiger partial charge in [0.1, 0.15) is 0 Å². The Morgan fingerprint density at radius 2 is 2.25 bits per heavy atom. The Bertz CT molecular complexity index is 309. The summed E-state index contributed by atoms with van der Waals surface area (Å²) < 4.78 is 1.99. The molecule has 0 aliphatic rings. The Kier molecular flexibility index (Phi) is 5.85. The molecule has 1 aromatic heterocycles. The van der Waals surface area contributed by atoms with Gasteiger partial charge >= 0.3 is 0 Å². The molecule has 0 radical (unpaired) electrons. The van der Waals surface area contributed by atoms with Crippen LogP contribution in [0.4, 0.5) is 0 Å². The minimum absolute atomic E-state index is 0.618. The molecule has 1 heterocycles. The van der Waals surface area contributed by atoms with Crippen LogP contribution < -0.4 is 5.32 Å². The van der Waals surface area contributed by atoms with E-state index in [4.69, 9.17) is 11.6 Å². The molecule has 0 spiro atoms. The summed E-state index contributed by atoms with van der Waals surface area (Å²) in [4.78, 5) is 0. The molecule has 0 fully saturated rings. The summed E-state index contributed by atoms with van der Waals surface area (Å²) in [6.45, 7) is 8.41. The van der Waals surface area contributed by atoms with Crippen molar-refractivity contribution in [1.82, 2.24) is 15.1 Å². The van der Waals surface area contributed by atoms with Gasteiger partial charge in [-0.15, -0.1) is 0 Å². The van der Waals surface area contributed by atoms with Crippen molar-refractivity contribution < 1.29 is 0 Å². The Hall–Kier alpha value is -0.540. The van der Waals surface area contributed by atoms with E-state index in [2.05, 4.69) is 24.3 Å². The molecule has 1 atom stereocenters. The van der Waals surface area contributed by atoms with Gasteiger partial charge in [-0.3, -0.25) is 4.68 Å². The Morgan fingerprint density at radius 1 is 1.50 bits per heavy atom. The van der Waals surface area contributed by atoms with Crippen molar-refractivity contribution in [3.63, 3.8) is 0 Å². The molecular weight excluding hydrogens is 222 g/mol. The van der Waals surface area contributed by atoms with Crippen molar-refractivity contribution in [3.8, 4) is 0 Å². The smallest absolute Gasteiger partial charge is 0.0814 e. The molecule has 0 saturated carbocycles. The zero-order valence-electron chi connectivity index (χ0n) is 10.5. The van der Waals surface area contributed by atoms with Crippen LogP contribution in [0, 0.1) is 6.92 Å². The average Bonchev–Trinajstić information content (AvgIpc) is 2.56. The number of hydrogen-bond acceptors (Lipinski definition) is 2. The predicted octanol–water partition coefficient (Wildman–Crippen LogP) is 3.01. The zero-order chi connectivity index (χ0) is 12.0. The lowest BCUT2D eigenvalue weighted by Crippen LogP contribution is -2.25. The van der Waals surface area contributed by atoms with Crippen molar-refractivity contribution in [2.45, 2.75) is 52.6 Å². The maximum atomic E-state index is 5.94. The van der Waals surface area contributed by atoms with E-state index in [9.17, 15) is 0 Å². The number of nitrogens with zero attached hydrogens (tertiary/aromatic N) is 2. The van der Waals surface area contributed by atoms with Crippen LogP contribution in [0.5, 0.6) is 0 Å². The van der Waals surface area contributed by atoms with E-state index in [1.165, 1.54) is 12.8 Å². The van der Waals surface area contributed by atoms with Gasteiger partial charge < -0.3 is 5.32 Å². The molecule has 0 aliphatic carbocycles. The third-order valence-electron chi connectivity index (χ3n) is 2.85. The lowest BCUT2D eigenvalue weighted by Gasteiger charge is -2.11. The summed E-state index contributed by atoms with van der Waals surface area (Å²) in [6, 6.07) is 0.618. The predicted molar refractivity (Wildman–Crippen MR) is 69.0 cm³/mol. The largest absolute Gasteiger partial charge is 0.315 e. The van der Waals surface area contributed by atoms with E-state index in [-0.39, 0.29) is 0 Å². The standard InChI is InChI=1S/C12H22ClN3/c1-4-14-10(2)7-5-6-8-16-11(3)12(13)9-15-16/h9-10,14H,4-8H2,1-3H3. The third kappa shape index (κ3) is 4.14. The molecule has 92 valence electrons. The molecule has 1 aromatic rings. The van der Waals surface area contributed by atoms with Crippen LogP contribution in [0.3, 0.4) is 0 Å². The summed E-state index contributed by atoms with van der Waals surface area (Å²) >= 11 is 5.94. The summed E-state index contributed by atoms with van der Waals surface area (Å²) in [5.41, 5.74) is 1.07. The first-order valence-electron chi connectivity index (χ1n) is 6.06. The minimum Gasteiger partial charge on any atom is -0.315 e. The van der Waals surface area contributed by atoms with Gasteiger partial charge in [0.15, 0.2) is 0 Å². The minimum atomic E-state index is 0.618. The van der Waals surface area contributed by atoms with Crippen molar-refractivity contribution in [1.29, 1.82) is 0 Å². The molecule has 1 N–H and O–H groups in total. The topological polar surface area (TPSA) is 29.9 Å². The second-order valence-electron chi connectivity index (χ2n) is 4.26. The van der Waals surface area contributed by atoms with Crippen molar-refractivity contribution in [2.24, 2.45) is 0 Å². The van der Waals surface area contributed by atoms with Gasteiger partial charge in [-0.05, 0) is 33.2 Å². The van der Waals surface area contributed by atoms with E-state index in [1.54, 1.807) is 6.20 Å². The van der Waals surface area contributed by atoms with Gasteiger partial charge in [0, 0.05) is 12.6 Å². The quantitative estimate of drug-likeness (QED) is 0.747. The lowest BCUT2D eigenvalue weighted by molar-refractivity contribution is 0.472. The molecule has 1 unspecified atom stereocenters. The highest BCUT2D eigenvalue weighted by atomic mass is 35.5. The maximum Gasteiger partial charge on any atom is 0.0814 e. The molecular formula is C12H22ClN3. The van der Waals surface area contributed by atoms with Crippen molar-refractivity contribution in [3.05, 3.63) is 16.9 Å². The average molecular weight is 244 g/mol. The first-order chi connectivity index (χ1) is 7.65. The first kappa shape index (κ1) is 13.5. The van der Waals surface area contributed by atoms with Crippen molar-refractivity contribution >= 4 is 11.6 Å². The molecule has 1 rings (SSSR count). The van der Waals surface area contributed by atoms with Crippen LogP contribution >= 0.6 is 11.6 Å². The van der Waals surface area contributed by atoms with E-state index in [0.29, 0.717) is 6.04 Å². The molecule has 0 aliphatic heterocycles. The number of nitrogens with one attached hydrogen (secondary N) is 1. The lowest BCUT2D eigenvalue weighted by atomic mass is 10.1. The van der Waals surface area contributed by atoms with Crippen molar-refractivity contribution in [2.75, 3.05) is 6.54 Å². The molecule has 16 heavy (non-hydrogen) atoms. The number of aromatic nitrogens is 2. The van der Waals surface area contributed by atoms with E-state index < -0.39 is 0 Å². The number of rotatable bonds is 7. The summed E-state index contributed by atoms with van der Waals surface area (Å²) in [5.74, 6) is 0. The van der Waals surface area contributed by atoms with Crippen LogP contribution in [0.15, 0.2) is 6.20 Å². The Balaban J connectivity index is 2.18. The van der Waals surface area contributed by atoms with Gasteiger partial charge in [0.25, 0.3) is 0 Å². The van der Waals surface area contributed by atoms with Crippen LogP contribution in [0.2, 0.25) is 5.02 Å². The second-order valence-corrected chi connectivity index (χ2v) is 4.66. The summed E-state index contributed by atoms with van der Waals surface area (Å²) in [7, 11) is 0. The molecule has 0 amide bonds. The number of halogens is 1. The highest BCUT2D eigenvalue weighted by Crippen LogP contribution is 2.14. The normalized spacial score (nSPS) is 13.0. The van der Waals surface area contributed by atoms with E-state index >= 15 is 0 Å². The second kappa shape index (κ2) is 6.92. The number of hydrogen-bond donors (Lipinski definition) is 1. The Morgan fingerprint density at radius 3 is 2.81 bits per heavy atom. The highest BCUT2D eigenvalue weighted by molar-refractivity contribution is 6.31. The van der Waals surface area contributed by atoms with Gasteiger partial charge in [-0.25, -0.2) is 0 Å². The number of unbranched alkanes of at least 4 members (excludes halogenated alkanes) is 1. The molecule has 0 bridgehead atoms. The van der Waals surface area contributed by atoms with Crippen LogP contribution in [-0.2, 0) is 6.54 Å². The van der Waals surface area contributed by atoms with Crippen LogP contribution in [0.25, 0.3) is 0 Å². The number of aryl methyl sites for hydroxylation is 1. The maximum absolute atomic E-state index is 5.94. The summed E-state index contributed by atoms with van der Waals surface area (Å²) in [6.07, 6.45) is 5.33. The van der Waals surface area contributed by atoms with Gasteiger partial charge in [-0.1, -0.05) is 24.9 Å².